The molecule has 0 bridgehead atoms. The van der Waals surface area contributed by atoms with E-state index in [0.29, 0.717) is 23.4 Å². The van der Waals surface area contributed by atoms with Crippen LogP contribution in [0, 0.1) is 6.92 Å². The number of H-pyrrole nitrogens is 1. The quantitative estimate of drug-likeness (QED) is 0.942. The molecule has 1 fully saturated rings. The number of pyridine rings is 1. The molecule has 1 aliphatic heterocycles. The first kappa shape index (κ1) is 14.9. The molecular formula is C17H22N2O3. The van der Waals surface area contributed by atoms with Gasteiger partial charge in [-0.2, -0.15) is 0 Å². The maximum atomic E-state index is 12.9. The number of hydrogen-bond acceptors (Lipinski definition) is 4. The Kier molecular flexibility index (Phi) is 4.07. The van der Waals surface area contributed by atoms with Crippen molar-refractivity contribution in [1.29, 1.82) is 0 Å². The van der Waals surface area contributed by atoms with Crippen molar-refractivity contribution in [2.24, 2.45) is 0 Å². The summed E-state index contributed by atoms with van der Waals surface area (Å²) in [4.78, 5) is 18.6. The SMILES string of the molecule is COc1cc(OC)c2[nH]c(C)c(CN3CCCC3)c(=O)c2c1. The fourth-order valence-corrected chi connectivity index (χ4v) is 3.13. The van der Waals surface area contributed by atoms with Gasteiger partial charge in [-0.3, -0.25) is 9.69 Å². The van der Waals surface area contributed by atoms with Crippen molar-refractivity contribution in [2.75, 3.05) is 27.3 Å². The van der Waals surface area contributed by atoms with Crippen LogP contribution in [0.2, 0.25) is 0 Å². The molecule has 0 amide bonds. The molecule has 22 heavy (non-hydrogen) atoms. The lowest BCUT2D eigenvalue weighted by atomic mass is 10.1. The molecule has 0 unspecified atom stereocenters. The van der Waals surface area contributed by atoms with E-state index in [1.165, 1.54) is 12.8 Å². The highest BCUT2D eigenvalue weighted by atomic mass is 16.5. The third-order valence-corrected chi connectivity index (χ3v) is 4.40. The predicted octanol–water partition coefficient (Wildman–Crippen LogP) is 2.45. The summed E-state index contributed by atoms with van der Waals surface area (Å²) in [6, 6.07) is 3.57. The minimum atomic E-state index is 0.0651. The van der Waals surface area contributed by atoms with E-state index in [2.05, 4.69) is 9.88 Å². The number of likely N-dealkylation sites (tertiary alicyclic amines) is 1. The Bertz CT molecular complexity index is 746. The van der Waals surface area contributed by atoms with E-state index in [9.17, 15) is 4.79 Å². The molecule has 118 valence electrons. The van der Waals surface area contributed by atoms with Gasteiger partial charge in [0.1, 0.15) is 11.5 Å². The van der Waals surface area contributed by atoms with Gasteiger partial charge in [0.25, 0.3) is 0 Å². The van der Waals surface area contributed by atoms with Crippen LogP contribution in [0.15, 0.2) is 16.9 Å². The highest BCUT2D eigenvalue weighted by molar-refractivity contribution is 5.86. The Hall–Kier alpha value is -2.01. The summed E-state index contributed by atoms with van der Waals surface area (Å²) in [7, 11) is 3.19. The molecule has 5 nitrogen and oxygen atoms in total. The number of methoxy groups -OCH3 is 2. The standard InChI is InChI=1S/C17H22N2O3/c1-11-14(10-19-6-4-5-7-19)17(20)13-8-12(21-2)9-15(22-3)16(13)18-11/h8-9H,4-7,10H2,1-3H3,(H,18,20). The molecule has 1 aromatic carbocycles. The zero-order valence-corrected chi connectivity index (χ0v) is 13.4. The highest BCUT2D eigenvalue weighted by Crippen LogP contribution is 2.29. The molecule has 1 N–H and O–H groups in total. The van der Waals surface area contributed by atoms with Gasteiger partial charge in [-0.05, 0) is 38.9 Å². The van der Waals surface area contributed by atoms with Gasteiger partial charge in [-0.25, -0.2) is 0 Å². The molecular weight excluding hydrogens is 280 g/mol. The van der Waals surface area contributed by atoms with Crippen LogP contribution in [0.5, 0.6) is 11.5 Å². The topological polar surface area (TPSA) is 54.6 Å². The molecule has 0 saturated carbocycles. The maximum Gasteiger partial charge on any atom is 0.194 e. The minimum absolute atomic E-state index is 0.0651. The van der Waals surface area contributed by atoms with Crippen LogP contribution >= 0.6 is 0 Å². The summed E-state index contributed by atoms with van der Waals surface area (Å²) in [5.41, 5.74) is 2.55. The predicted molar refractivity (Wildman–Crippen MR) is 86.9 cm³/mol. The fourth-order valence-electron chi connectivity index (χ4n) is 3.13. The van der Waals surface area contributed by atoms with Crippen molar-refractivity contribution in [3.05, 3.63) is 33.6 Å². The van der Waals surface area contributed by atoms with Crippen LogP contribution < -0.4 is 14.9 Å². The number of hydrogen-bond donors (Lipinski definition) is 1. The normalized spacial score (nSPS) is 15.4. The van der Waals surface area contributed by atoms with Crippen LogP contribution in [0.4, 0.5) is 0 Å². The van der Waals surface area contributed by atoms with E-state index >= 15 is 0 Å². The van der Waals surface area contributed by atoms with Gasteiger partial charge in [-0.15, -0.1) is 0 Å². The summed E-state index contributed by atoms with van der Waals surface area (Å²) in [5.74, 6) is 1.26. The average molecular weight is 302 g/mol. The zero-order chi connectivity index (χ0) is 15.7. The molecule has 0 spiro atoms. The number of aromatic amines is 1. The van der Waals surface area contributed by atoms with E-state index in [1.54, 1.807) is 26.4 Å². The molecule has 1 saturated heterocycles. The van der Waals surface area contributed by atoms with Crippen molar-refractivity contribution in [2.45, 2.75) is 26.3 Å². The van der Waals surface area contributed by atoms with Crippen molar-refractivity contribution in [3.8, 4) is 11.5 Å². The molecule has 1 aliphatic rings. The lowest BCUT2D eigenvalue weighted by molar-refractivity contribution is 0.329. The number of nitrogens with zero attached hydrogens (tertiary/aromatic N) is 1. The minimum Gasteiger partial charge on any atom is -0.497 e. The van der Waals surface area contributed by atoms with Gasteiger partial charge in [0.15, 0.2) is 5.43 Å². The first-order valence-corrected chi connectivity index (χ1v) is 7.64. The first-order chi connectivity index (χ1) is 10.6. The Morgan fingerprint density at radius 2 is 1.91 bits per heavy atom. The van der Waals surface area contributed by atoms with E-state index in [4.69, 9.17) is 9.47 Å². The number of aromatic nitrogens is 1. The summed E-state index contributed by atoms with van der Waals surface area (Å²) >= 11 is 0. The summed E-state index contributed by atoms with van der Waals surface area (Å²) in [5, 5.41) is 0.621. The molecule has 5 heteroatoms. The molecule has 2 aromatic rings. The lowest BCUT2D eigenvalue weighted by Crippen LogP contribution is -2.25. The second kappa shape index (κ2) is 6.01. The number of rotatable bonds is 4. The van der Waals surface area contributed by atoms with Crippen molar-refractivity contribution in [1.82, 2.24) is 9.88 Å². The van der Waals surface area contributed by atoms with E-state index in [1.807, 2.05) is 6.92 Å². The van der Waals surface area contributed by atoms with Gasteiger partial charge in [0.05, 0.1) is 25.1 Å². The number of nitrogens with one attached hydrogen (secondary N) is 1. The molecule has 0 aliphatic carbocycles. The highest BCUT2D eigenvalue weighted by Gasteiger charge is 2.18. The molecule has 3 rings (SSSR count). The second-order valence-corrected chi connectivity index (χ2v) is 5.79. The Morgan fingerprint density at radius 1 is 1.18 bits per heavy atom. The lowest BCUT2D eigenvalue weighted by Gasteiger charge is -2.17. The summed E-state index contributed by atoms with van der Waals surface area (Å²) in [6.45, 7) is 4.79. The fraction of sp³-hybridized carbons (Fsp3) is 0.471. The second-order valence-electron chi connectivity index (χ2n) is 5.79. The van der Waals surface area contributed by atoms with E-state index < -0.39 is 0 Å². The first-order valence-electron chi connectivity index (χ1n) is 7.64. The number of ether oxygens (including phenoxy) is 2. The molecule has 0 radical (unpaired) electrons. The van der Waals surface area contributed by atoms with Gasteiger partial charge < -0.3 is 14.5 Å². The van der Waals surface area contributed by atoms with Crippen molar-refractivity contribution >= 4 is 10.9 Å². The van der Waals surface area contributed by atoms with Gasteiger partial charge in [-0.1, -0.05) is 0 Å². The maximum absolute atomic E-state index is 12.9. The summed E-state index contributed by atoms with van der Waals surface area (Å²) < 4.78 is 10.7. The van der Waals surface area contributed by atoms with Crippen molar-refractivity contribution < 1.29 is 9.47 Å². The summed E-state index contributed by atoms with van der Waals surface area (Å²) in [6.07, 6.45) is 2.43. The smallest absolute Gasteiger partial charge is 0.194 e. The van der Waals surface area contributed by atoms with Crippen LogP contribution in [0.25, 0.3) is 10.9 Å². The monoisotopic (exact) mass is 302 g/mol. The number of benzene rings is 1. The Morgan fingerprint density at radius 3 is 2.55 bits per heavy atom. The van der Waals surface area contributed by atoms with Crippen LogP contribution in [0.3, 0.4) is 0 Å². The molecule has 0 atom stereocenters. The molecule has 2 heterocycles. The van der Waals surface area contributed by atoms with Crippen molar-refractivity contribution in [3.63, 3.8) is 0 Å². The van der Waals surface area contributed by atoms with Gasteiger partial charge >= 0.3 is 0 Å². The van der Waals surface area contributed by atoms with E-state index in [-0.39, 0.29) is 5.43 Å². The van der Waals surface area contributed by atoms with Gasteiger partial charge in [0.2, 0.25) is 0 Å². The largest absolute Gasteiger partial charge is 0.497 e. The molecule has 1 aromatic heterocycles. The third-order valence-electron chi connectivity index (χ3n) is 4.40. The Balaban J connectivity index is 2.16. The van der Waals surface area contributed by atoms with Crippen LogP contribution in [-0.4, -0.2) is 37.2 Å². The third kappa shape index (κ3) is 2.57. The number of fused-ring (bicyclic) bond motifs is 1. The van der Waals surface area contributed by atoms with Crippen LogP contribution in [0.1, 0.15) is 24.1 Å². The Labute approximate surface area is 129 Å². The van der Waals surface area contributed by atoms with E-state index in [0.717, 1.165) is 29.9 Å². The van der Waals surface area contributed by atoms with Gasteiger partial charge in [0, 0.05) is 23.9 Å². The average Bonchev–Trinajstić information content (AvgIpc) is 3.04. The zero-order valence-electron chi connectivity index (χ0n) is 13.4. The number of aryl methyl sites for hydroxylation is 1. The van der Waals surface area contributed by atoms with Crippen LogP contribution in [-0.2, 0) is 6.54 Å².